The number of hydrogen-bond acceptors (Lipinski definition) is 2. The summed E-state index contributed by atoms with van der Waals surface area (Å²) in [6.45, 7) is 9.67. The van der Waals surface area contributed by atoms with Crippen LogP contribution in [-0.4, -0.2) is 26.3 Å². The van der Waals surface area contributed by atoms with Gasteiger partial charge in [0.25, 0.3) is 0 Å². The molecule has 72 valence electrons. The van der Waals surface area contributed by atoms with Gasteiger partial charge in [-0.25, -0.2) is 0 Å². The third-order valence-corrected chi connectivity index (χ3v) is 1.54. The molecule has 0 bridgehead atoms. The summed E-state index contributed by atoms with van der Waals surface area (Å²) in [7, 11) is 0. The Morgan fingerprint density at radius 1 is 1.33 bits per heavy atom. The van der Waals surface area contributed by atoms with Crippen molar-refractivity contribution in [1.82, 2.24) is 5.32 Å². The molecule has 2 heteroatoms. The van der Waals surface area contributed by atoms with E-state index in [9.17, 15) is 0 Å². The molecule has 2 nitrogen and oxygen atoms in total. The summed E-state index contributed by atoms with van der Waals surface area (Å²) in [6.07, 6.45) is 5.16. The summed E-state index contributed by atoms with van der Waals surface area (Å²) >= 11 is 0. The Balaban J connectivity index is 2.77. The Bertz CT molecular complexity index is 93.8. The Morgan fingerprint density at radius 2 is 2.17 bits per heavy atom. The van der Waals surface area contributed by atoms with Crippen molar-refractivity contribution < 1.29 is 4.74 Å². The highest BCUT2D eigenvalue weighted by molar-refractivity contribution is 4.64. The molecule has 0 atom stereocenters. The van der Waals surface area contributed by atoms with E-state index >= 15 is 0 Å². The Kier molecular flexibility index (Phi) is 10.4. The summed E-state index contributed by atoms with van der Waals surface area (Å²) in [5, 5.41) is 3.33. The van der Waals surface area contributed by atoms with Crippen LogP contribution in [0.1, 0.15) is 26.2 Å². The average molecular weight is 171 g/mol. The van der Waals surface area contributed by atoms with E-state index in [1.54, 1.807) is 0 Å². The van der Waals surface area contributed by atoms with E-state index < -0.39 is 0 Å². The van der Waals surface area contributed by atoms with Crippen molar-refractivity contribution in [3.63, 3.8) is 0 Å². The topological polar surface area (TPSA) is 21.3 Å². The zero-order valence-corrected chi connectivity index (χ0v) is 8.14. The normalized spacial score (nSPS) is 10.1. The van der Waals surface area contributed by atoms with E-state index in [1.165, 1.54) is 6.42 Å². The van der Waals surface area contributed by atoms with Gasteiger partial charge in [0.05, 0.1) is 0 Å². The van der Waals surface area contributed by atoms with Crippen LogP contribution in [0, 0.1) is 0 Å². The molecule has 0 saturated carbocycles. The van der Waals surface area contributed by atoms with E-state index in [4.69, 9.17) is 4.74 Å². The summed E-state index contributed by atoms with van der Waals surface area (Å²) in [6, 6.07) is 0. The van der Waals surface area contributed by atoms with Crippen LogP contribution in [-0.2, 0) is 4.74 Å². The fourth-order valence-corrected chi connectivity index (χ4v) is 0.870. The lowest BCUT2D eigenvalue weighted by Gasteiger charge is -2.03. The molecule has 0 unspecified atom stereocenters. The minimum atomic E-state index is 0.817. The molecule has 0 heterocycles. The van der Waals surface area contributed by atoms with Crippen LogP contribution in [0.4, 0.5) is 0 Å². The molecular weight excluding hydrogens is 150 g/mol. The summed E-state index contributed by atoms with van der Waals surface area (Å²) < 4.78 is 5.34. The summed E-state index contributed by atoms with van der Waals surface area (Å²) in [5.41, 5.74) is 0. The number of nitrogens with one attached hydrogen (secondary N) is 1. The van der Waals surface area contributed by atoms with Gasteiger partial charge < -0.3 is 10.1 Å². The molecule has 12 heavy (non-hydrogen) atoms. The maximum absolute atomic E-state index is 5.34. The molecule has 1 N–H and O–H groups in total. The third kappa shape index (κ3) is 9.66. The predicted molar refractivity (Wildman–Crippen MR) is 53.4 cm³/mol. The van der Waals surface area contributed by atoms with Gasteiger partial charge in [-0.2, -0.15) is 0 Å². The smallest absolute Gasteiger partial charge is 0.0500 e. The van der Waals surface area contributed by atoms with Gasteiger partial charge in [-0.3, -0.25) is 0 Å². The number of rotatable bonds is 9. The lowest BCUT2D eigenvalue weighted by molar-refractivity contribution is 0.136. The van der Waals surface area contributed by atoms with Crippen LogP contribution in [0.2, 0.25) is 0 Å². The van der Waals surface area contributed by atoms with Crippen molar-refractivity contribution in [3.05, 3.63) is 12.7 Å². The fourth-order valence-electron chi connectivity index (χ4n) is 0.870. The third-order valence-electron chi connectivity index (χ3n) is 1.54. The van der Waals surface area contributed by atoms with Crippen molar-refractivity contribution in [3.8, 4) is 0 Å². The van der Waals surface area contributed by atoms with Crippen molar-refractivity contribution in [1.29, 1.82) is 0 Å². The molecule has 0 aliphatic rings. The van der Waals surface area contributed by atoms with Crippen LogP contribution in [0.3, 0.4) is 0 Å². The molecule has 0 aromatic rings. The predicted octanol–water partition coefficient (Wildman–Crippen LogP) is 1.97. The van der Waals surface area contributed by atoms with E-state index in [-0.39, 0.29) is 0 Å². The molecule has 0 rings (SSSR count). The molecule has 0 aliphatic carbocycles. The van der Waals surface area contributed by atoms with Gasteiger partial charge in [-0.15, -0.1) is 6.58 Å². The lowest BCUT2D eigenvalue weighted by Crippen LogP contribution is -2.17. The quantitative estimate of drug-likeness (QED) is 0.423. The van der Waals surface area contributed by atoms with Gasteiger partial charge in [-0.05, 0) is 32.4 Å². The molecular formula is C10H21NO. The second-order valence-corrected chi connectivity index (χ2v) is 2.79. The van der Waals surface area contributed by atoms with Crippen molar-refractivity contribution in [2.75, 3.05) is 26.3 Å². The first kappa shape index (κ1) is 11.7. The second-order valence-electron chi connectivity index (χ2n) is 2.79. The van der Waals surface area contributed by atoms with E-state index in [0.717, 1.165) is 39.1 Å². The highest BCUT2D eigenvalue weighted by atomic mass is 16.5. The number of ether oxygens (including phenoxy) is 1. The fraction of sp³-hybridized carbons (Fsp3) is 0.800. The summed E-state index contributed by atoms with van der Waals surface area (Å²) in [5.74, 6) is 0. The van der Waals surface area contributed by atoms with Crippen LogP contribution in [0.5, 0.6) is 0 Å². The van der Waals surface area contributed by atoms with Gasteiger partial charge in [0.1, 0.15) is 0 Å². The first-order valence-corrected chi connectivity index (χ1v) is 4.81. The summed E-state index contributed by atoms with van der Waals surface area (Å²) in [4.78, 5) is 0. The Morgan fingerprint density at radius 3 is 2.83 bits per heavy atom. The maximum atomic E-state index is 5.34. The largest absolute Gasteiger partial charge is 0.381 e. The molecule has 0 amide bonds. The van der Waals surface area contributed by atoms with E-state index in [0.29, 0.717) is 0 Å². The van der Waals surface area contributed by atoms with Crippen LogP contribution in [0.15, 0.2) is 12.7 Å². The molecule has 0 saturated heterocycles. The van der Waals surface area contributed by atoms with Crippen molar-refractivity contribution >= 4 is 0 Å². The van der Waals surface area contributed by atoms with E-state index in [2.05, 4.69) is 18.8 Å². The lowest BCUT2D eigenvalue weighted by atomic mass is 10.4. The zero-order chi connectivity index (χ0) is 9.07. The average Bonchev–Trinajstić information content (AvgIpc) is 2.10. The van der Waals surface area contributed by atoms with Crippen molar-refractivity contribution in [2.24, 2.45) is 0 Å². The Hall–Kier alpha value is -0.340. The van der Waals surface area contributed by atoms with Crippen LogP contribution in [0.25, 0.3) is 0 Å². The highest BCUT2D eigenvalue weighted by Gasteiger charge is 1.87. The highest BCUT2D eigenvalue weighted by Crippen LogP contribution is 1.85. The number of hydrogen-bond donors (Lipinski definition) is 1. The molecule has 0 radical (unpaired) electrons. The minimum absolute atomic E-state index is 0.817. The van der Waals surface area contributed by atoms with Gasteiger partial charge in [0.15, 0.2) is 0 Å². The Labute approximate surface area is 76.0 Å². The zero-order valence-electron chi connectivity index (χ0n) is 8.14. The molecule has 0 spiro atoms. The van der Waals surface area contributed by atoms with Gasteiger partial charge >= 0.3 is 0 Å². The van der Waals surface area contributed by atoms with E-state index in [1.807, 2.05) is 6.08 Å². The standard InChI is InChI=1S/C10H21NO/c1-3-5-9-12-10-6-8-11-7-4-2/h3,11H,1,4-10H2,2H3. The first-order chi connectivity index (χ1) is 5.91. The van der Waals surface area contributed by atoms with Crippen molar-refractivity contribution in [2.45, 2.75) is 26.2 Å². The monoisotopic (exact) mass is 171 g/mol. The maximum Gasteiger partial charge on any atom is 0.0500 e. The SMILES string of the molecule is C=CCCOCCCNCCC. The molecule has 0 aromatic heterocycles. The second kappa shape index (κ2) is 10.7. The first-order valence-electron chi connectivity index (χ1n) is 4.81. The van der Waals surface area contributed by atoms with Crippen LogP contribution >= 0.6 is 0 Å². The molecule has 0 fully saturated rings. The van der Waals surface area contributed by atoms with Gasteiger partial charge in [0, 0.05) is 13.2 Å². The van der Waals surface area contributed by atoms with Crippen LogP contribution < -0.4 is 5.32 Å². The molecule has 0 aliphatic heterocycles. The van der Waals surface area contributed by atoms with Gasteiger partial charge in [-0.1, -0.05) is 13.0 Å². The minimum Gasteiger partial charge on any atom is -0.381 e. The van der Waals surface area contributed by atoms with Gasteiger partial charge in [0.2, 0.25) is 0 Å². The molecule has 0 aromatic carbocycles.